The Labute approximate surface area is 99.5 Å². The predicted octanol–water partition coefficient (Wildman–Crippen LogP) is 2.93. The number of hydrogen-bond acceptors (Lipinski definition) is 2. The highest BCUT2D eigenvalue weighted by Gasteiger charge is 2.09. The summed E-state index contributed by atoms with van der Waals surface area (Å²) in [5.41, 5.74) is 7.88. The maximum absolute atomic E-state index is 5.66. The molecule has 2 N–H and O–H groups in total. The summed E-state index contributed by atoms with van der Waals surface area (Å²) in [6, 6.07) is 8.92. The van der Waals surface area contributed by atoms with Gasteiger partial charge in [0.2, 0.25) is 0 Å². The third-order valence-corrected chi connectivity index (χ3v) is 3.30. The average molecular weight is 220 g/mol. The number of rotatable bonds is 6. The molecule has 1 aromatic carbocycles. The molecule has 0 aliphatic carbocycles. The highest BCUT2D eigenvalue weighted by molar-refractivity contribution is 5.39. The molecule has 2 heteroatoms. The van der Waals surface area contributed by atoms with Crippen molar-refractivity contribution >= 4 is 5.69 Å². The van der Waals surface area contributed by atoms with E-state index in [-0.39, 0.29) is 0 Å². The van der Waals surface area contributed by atoms with Gasteiger partial charge in [-0.3, -0.25) is 0 Å². The van der Waals surface area contributed by atoms with Gasteiger partial charge in [0.25, 0.3) is 0 Å². The van der Waals surface area contributed by atoms with E-state index >= 15 is 0 Å². The van der Waals surface area contributed by atoms with Crippen LogP contribution in [0.15, 0.2) is 24.3 Å². The number of nitrogens with zero attached hydrogens (tertiary/aromatic N) is 1. The summed E-state index contributed by atoms with van der Waals surface area (Å²) in [4.78, 5) is 2.45. The third-order valence-electron chi connectivity index (χ3n) is 3.30. The number of anilines is 1. The first-order valence-electron chi connectivity index (χ1n) is 6.22. The highest BCUT2D eigenvalue weighted by Crippen LogP contribution is 2.09. The molecule has 90 valence electrons. The minimum Gasteiger partial charge on any atom is -0.399 e. The van der Waals surface area contributed by atoms with Crippen LogP contribution in [0.1, 0.15) is 32.3 Å². The molecule has 0 heterocycles. The minimum atomic E-state index is 0.716. The van der Waals surface area contributed by atoms with Gasteiger partial charge in [0.05, 0.1) is 0 Å². The maximum atomic E-state index is 5.66. The zero-order valence-electron chi connectivity index (χ0n) is 10.7. The van der Waals surface area contributed by atoms with Gasteiger partial charge < -0.3 is 10.6 Å². The van der Waals surface area contributed by atoms with Crippen LogP contribution in [0.5, 0.6) is 0 Å². The molecule has 0 amide bonds. The SMILES string of the molecule is CCC(CC)N(C)CCc1ccc(N)cc1. The van der Waals surface area contributed by atoms with Crippen molar-refractivity contribution < 1.29 is 0 Å². The number of benzene rings is 1. The van der Waals surface area contributed by atoms with Gasteiger partial charge in [-0.15, -0.1) is 0 Å². The van der Waals surface area contributed by atoms with E-state index in [1.807, 2.05) is 12.1 Å². The summed E-state index contributed by atoms with van der Waals surface area (Å²) in [5, 5.41) is 0. The molecular formula is C14H24N2. The lowest BCUT2D eigenvalue weighted by Crippen LogP contribution is -2.32. The van der Waals surface area contributed by atoms with Crippen LogP contribution >= 0.6 is 0 Å². The second-order valence-corrected chi connectivity index (χ2v) is 4.44. The molecule has 2 nitrogen and oxygen atoms in total. The molecule has 0 fully saturated rings. The zero-order valence-corrected chi connectivity index (χ0v) is 10.7. The largest absolute Gasteiger partial charge is 0.399 e. The van der Waals surface area contributed by atoms with Gasteiger partial charge in [-0.25, -0.2) is 0 Å². The molecule has 0 saturated carbocycles. The molecular weight excluding hydrogens is 196 g/mol. The van der Waals surface area contributed by atoms with Crippen LogP contribution in [0, 0.1) is 0 Å². The molecule has 0 bridgehead atoms. The number of hydrogen-bond donors (Lipinski definition) is 1. The smallest absolute Gasteiger partial charge is 0.0314 e. The normalized spacial score (nSPS) is 11.3. The number of likely N-dealkylation sites (N-methyl/N-ethyl adjacent to an activating group) is 1. The van der Waals surface area contributed by atoms with Gasteiger partial charge in [0, 0.05) is 18.3 Å². The highest BCUT2D eigenvalue weighted by atomic mass is 15.1. The monoisotopic (exact) mass is 220 g/mol. The van der Waals surface area contributed by atoms with Crippen molar-refractivity contribution in [1.82, 2.24) is 4.90 Å². The van der Waals surface area contributed by atoms with Crippen LogP contribution in [0.4, 0.5) is 5.69 Å². The minimum absolute atomic E-state index is 0.716. The molecule has 1 rings (SSSR count). The average Bonchev–Trinajstić information content (AvgIpc) is 2.30. The summed E-state index contributed by atoms with van der Waals surface area (Å²) < 4.78 is 0. The Kier molecular flexibility index (Phi) is 5.33. The first-order valence-corrected chi connectivity index (χ1v) is 6.22. The van der Waals surface area contributed by atoms with E-state index in [1.165, 1.54) is 18.4 Å². The molecule has 0 aliphatic heterocycles. The van der Waals surface area contributed by atoms with Gasteiger partial charge in [-0.1, -0.05) is 26.0 Å². The van der Waals surface area contributed by atoms with E-state index in [0.717, 1.165) is 18.7 Å². The third kappa shape index (κ3) is 3.86. The topological polar surface area (TPSA) is 29.3 Å². The quantitative estimate of drug-likeness (QED) is 0.747. The number of nitrogen functional groups attached to an aromatic ring is 1. The Morgan fingerprint density at radius 2 is 1.69 bits per heavy atom. The standard InChI is InChI=1S/C14H24N2/c1-4-14(5-2)16(3)11-10-12-6-8-13(15)9-7-12/h6-9,14H,4-5,10-11,15H2,1-3H3. The second-order valence-electron chi connectivity index (χ2n) is 4.44. The molecule has 0 aliphatic rings. The van der Waals surface area contributed by atoms with Crippen LogP contribution in [-0.4, -0.2) is 24.5 Å². The van der Waals surface area contributed by atoms with Gasteiger partial charge in [-0.2, -0.15) is 0 Å². The fraction of sp³-hybridized carbons (Fsp3) is 0.571. The Morgan fingerprint density at radius 1 is 1.12 bits per heavy atom. The van der Waals surface area contributed by atoms with Crippen LogP contribution in [0.25, 0.3) is 0 Å². The van der Waals surface area contributed by atoms with Crippen molar-refractivity contribution in [2.24, 2.45) is 0 Å². The molecule has 0 radical (unpaired) electrons. The van der Waals surface area contributed by atoms with Crippen molar-refractivity contribution in [3.8, 4) is 0 Å². The van der Waals surface area contributed by atoms with Gasteiger partial charge in [0.15, 0.2) is 0 Å². The Bertz CT molecular complexity index is 288. The van der Waals surface area contributed by atoms with E-state index in [9.17, 15) is 0 Å². The van der Waals surface area contributed by atoms with Gasteiger partial charge in [0.1, 0.15) is 0 Å². The lowest BCUT2D eigenvalue weighted by Gasteiger charge is -2.25. The molecule has 0 spiro atoms. The molecule has 0 saturated heterocycles. The lowest BCUT2D eigenvalue weighted by molar-refractivity contribution is 0.232. The van der Waals surface area contributed by atoms with E-state index in [4.69, 9.17) is 5.73 Å². The summed E-state index contributed by atoms with van der Waals surface area (Å²) in [7, 11) is 2.22. The molecule has 16 heavy (non-hydrogen) atoms. The first kappa shape index (κ1) is 13.0. The summed E-state index contributed by atoms with van der Waals surface area (Å²) in [6.45, 7) is 5.64. The molecule has 0 unspecified atom stereocenters. The van der Waals surface area contributed by atoms with Crippen molar-refractivity contribution in [2.75, 3.05) is 19.3 Å². The van der Waals surface area contributed by atoms with Crippen molar-refractivity contribution in [3.05, 3.63) is 29.8 Å². The fourth-order valence-corrected chi connectivity index (χ4v) is 2.08. The van der Waals surface area contributed by atoms with Crippen molar-refractivity contribution in [1.29, 1.82) is 0 Å². The van der Waals surface area contributed by atoms with Crippen molar-refractivity contribution in [2.45, 2.75) is 39.2 Å². The fourth-order valence-electron chi connectivity index (χ4n) is 2.08. The maximum Gasteiger partial charge on any atom is 0.0314 e. The predicted molar refractivity (Wildman–Crippen MR) is 71.6 cm³/mol. The van der Waals surface area contributed by atoms with Gasteiger partial charge in [-0.05, 0) is 44.0 Å². The Hall–Kier alpha value is -1.02. The van der Waals surface area contributed by atoms with E-state index in [1.54, 1.807) is 0 Å². The molecule has 1 aromatic rings. The summed E-state index contributed by atoms with van der Waals surface area (Å²) in [5.74, 6) is 0. The van der Waals surface area contributed by atoms with E-state index < -0.39 is 0 Å². The zero-order chi connectivity index (χ0) is 12.0. The van der Waals surface area contributed by atoms with Crippen LogP contribution in [0.2, 0.25) is 0 Å². The van der Waals surface area contributed by atoms with Crippen molar-refractivity contribution in [3.63, 3.8) is 0 Å². The second kappa shape index (κ2) is 6.54. The summed E-state index contributed by atoms with van der Waals surface area (Å²) >= 11 is 0. The Morgan fingerprint density at radius 3 is 2.19 bits per heavy atom. The van der Waals surface area contributed by atoms with Crippen LogP contribution in [-0.2, 0) is 6.42 Å². The summed E-state index contributed by atoms with van der Waals surface area (Å²) in [6.07, 6.45) is 3.57. The van der Waals surface area contributed by atoms with E-state index in [2.05, 4.69) is 37.9 Å². The molecule has 0 aromatic heterocycles. The van der Waals surface area contributed by atoms with Crippen LogP contribution in [0.3, 0.4) is 0 Å². The van der Waals surface area contributed by atoms with Gasteiger partial charge >= 0.3 is 0 Å². The van der Waals surface area contributed by atoms with Crippen LogP contribution < -0.4 is 5.73 Å². The first-order chi connectivity index (χ1) is 7.67. The Balaban J connectivity index is 2.42. The lowest BCUT2D eigenvalue weighted by atomic mass is 10.1. The number of nitrogens with two attached hydrogens (primary N) is 1. The molecule has 0 atom stereocenters. The van der Waals surface area contributed by atoms with E-state index in [0.29, 0.717) is 6.04 Å².